The van der Waals surface area contributed by atoms with E-state index in [4.69, 9.17) is 0 Å². The summed E-state index contributed by atoms with van der Waals surface area (Å²) in [5.41, 5.74) is 0. The van der Waals surface area contributed by atoms with Crippen molar-refractivity contribution in [3.05, 3.63) is 53.2 Å². The number of aromatic nitrogens is 4. The average Bonchev–Trinajstić information content (AvgIpc) is 3.08. The Morgan fingerprint density at radius 3 is 2.82 bits per heavy atom. The van der Waals surface area contributed by atoms with Crippen LogP contribution in [0.15, 0.2) is 48.4 Å². The van der Waals surface area contributed by atoms with Crippen LogP contribution in [0, 0.1) is 0 Å². The molecule has 6 nitrogen and oxygen atoms in total. The Morgan fingerprint density at radius 2 is 2.05 bits per heavy atom. The van der Waals surface area contributed by atoms with Crippen molar-refractivity contribution in [2.24, 2.45) is 0 Å². The van der Waals surface area contributed by atoms with E-state index in [1.165, 1.54) is 11.2 Å². The molecule has 0 aliphatic carbocycles. The second-order valence-corrected chi connectivity index (χ2v) is 5.76. The predicted molar refractivity (Wildman–Crippen MR) is 88.6 cm³/mol. The van der Waals surface area contributed by atoms with Crippen LogP contribution in [-0.2, 0) is 0 Å². The summed E-state index contributed by atoms with van der Waals surface area (Å²) in [6, 6.07) is 7.80. The lowest BCUT2D eigenvalue weighted by Crippen LogP contribution is -2.11. The molecule has 0 aliphatic rings. The molecule has 1 unspecified atom stereocenters. The van der Waals surface area contributed by atoms with Gasteiger partial charge in [-0.1, -0.05) is 13.0 Å². The molecule has 1 atom stereocenters. The fourth-order valence-corrected chi connectivity index (χ4v) is 2.71. The van der Waals surface area contributed by atoms with E-state index < -0.39 is 0 Å². The second kappa shape index (κ2) is 6.95. The first-order chi connectivity index (χ1) is 10.8. The SMILES string of the molecule is CC(CNc1nccc(Nc2ccncn2)n1)c1cccs1. The van der Waals surface area contributed by atoms with Crippen LogP contribution in [0.5, 0.6) is 0 Å². The van der Waals surface area contributed by atoms with Gasteiger partial charge in [0, 0.05) is 29.7 Å². The van der Waals surface area contributed by atoms with Gasteiger partial charge >= 0.3 is 0 Å². The fraction of sp³-hybridized carbons (Fsp3) is 0.200. The molecular weight excluding hydrogens is 296 g/mol. The largest absolute Gasteiger partial charge is 0.354 e. The van der Waals surface area contributed by atoms with Crippen molar-refractivity contribution in [1.29, 1.82) is 0 Å². The van der Waals surface area contributed by atoms with E-state index in [-0.39, 0.29) is 0 Å². The van der Waals surface area contributed by atoms with Gasteiger partial charge in [-0.05, 0) is 23.6 Å². The van der Waals surface area contributed by atoms with E-state index in [0.717, 1.165) is 6.54 Å². The first-order valence-corrected chi connectivity index (χ1v) is 7.82. The smallest absolute Gasteiger partial charge is 0.224 e. The van der Waals surface area contributed by atoms with Crippen LogP contribution in [-0.4, -0.2) is 26.5 Å². The third-order valence-electron chi connectivity index (χ3n) is 3.09. The van der Waals surface area contributed by atoms with Gasteiger partial charge in [0.05, 0.1) is 0 Å². The number of nitrogens with one attached hydrogen (secondary N) is 2. The van der Waals surface area contributed by atoms with Crippen LogP contribution in [0.3, 0.4) is 0 Å². The summed E-state index contributed by atoms with van der Waals surface area (Å²) in [7, 11) is 0. The van der Waals surface area contributed by atoms with E-state index in [2.05, 4.69) is 55.0 Å². The molecule has 3 aromatic rings. The number of anilines is 3. The Hall–Kier alpha value is -2.54. The van der Waals surface area contributed by atoms with Gasteiger partial charge in [-0.3, -0.25) is 0 Å². The molecule has 0 fully saturated rings. The van der Waals surface area contributed by atoms with E-state index in [1.54, 1.807) is 35.9 Å². The third-order valence-corrected chi connectivity index (χ3v) is 4.19. The molecule has 0 saturated heterocycles. The maximum atomic E-state index is 4.43. The molecule has 0 radical (unpaired) electrons. The average molecular weight is 312 g/mol. The molecule has 0 spiro atoms. The molecule has 3 heterocycles. The Morgan fingerprint density at radius 1 is 1.14 bits per heavy atom. The Balaban J connectivity index is 1.61. The van der Waals surface area contributed by atoms with Gasteiger partial charge in [0.1, 0.15) is 18.0 Å². The van der Waals surface area contributed by atoms with E-state index in [1.807, 2.05) is 0 Å². The minimum atomic E-state index is 0.419. The highest BCUT2D eigenvalue weighted by Crippen LogP contribution is 2.21. The molecule has 7 heteroatoms. The van der Waals surface area contributed by atoms with Gasteiger partial charge < -0.3 is 10.6 Å². The highest BCUT2D eigenvalue weighted by molar-refractivity contribution is 7.10. The van der Waals surface area contributed by atoms with E-state index >= 15 is 0 Å². The summed E-state index contributed by atoms with van der Waals surface area (Å²) in [4.78, 5) is 18.0. The summed E-state index contributed by atoms with van der Waals surface area (Å²) < 4.78 is 0. The van der Waals surface area contributed by atoms with Crippen molar-refractivity contribution in [3.8, 4) is 0 Å². The van der Waals surface area contributed by atoms with Crippen LogP contribution >= 0.6 is 11.3 Å². The zero-order valence-corrected chi connectivity index (χ0v) is 12.9. The normalized spacial score (nSPS) is 11.9. The minimum absolute atomic E-state index is 0.419. The summed E-state index contributed by atoms with van der Waals surface area (Å²) in [5, 5.41) is 8.48. The first-order valence-electron chi connectivity index (χ1n) is 6.94. The summed E-state index contributed by atoms with van der Waals surface area (Å²) >= 11 is 1.76. The fourth-order valence-electron chi connectivity index (χ4n) is 1.93. The standard InChI is InChI=1S/C15H16N6S/c1-11(12-3-2-8-22-12)9-18-15-17-7-5-14(21-15)20-13-4-6-16-10-19-13/h2-8,10-11H,9H2,1H3,(H2,16,17,18,19,20,21). The zero-order chi connectivity index (χ0) is 15.2. The molecule has 0 aliphatic heterocycles. The van der Waals surface area contributed by atoms with Crippen molar-refractivity contribution in [2.75, 3.05) is 17.2 Å². The van der Waals surface area contributed by atoms with Crippen LogP contribution < -0.4 is 10.6 Å². The van der Waals surface area contributed by atoms with Gasteiger partial charge in [-0.2, -0.15) is 4.98 Å². The lowest BCUT2D eigenvalue weighted by molar-refractivity contribution is 0.813. The number of rotatable bonds is 6. The molecule has 0 bridgehead atoms. The molecule has 0 aromatic carbocycles. The number of thiophene rings is 1. The quantitative estimate of drug-likeness (QED) is 0.727. The molecule has 0 saturated carbocycles. The Labute approximate surface area is 132 Å². The van der Waals surface area contributed by atoms with Crippen LogP contribution in [0.4, 0.5) is 17.6 Å². The lowest BCUT2D eigenvalue weighted by Gasteiger charge is -2.11. The second-order valence-electron chi connectivity index (χ2n) is 4.78. The van der Waals surface area contributed by atoms with E-state index in [9.17, 15) is 0 Å². The molecule has 22 heavy (non-hydrogen) atoms. The first kappa shape index (κ1) is 14.4. The predicted octanol–water partition coefficient (Wildman–Crippen LogP) is 3.29. The highest BCUT2D eigenvalue weighted by Gasteiger charge is 2.07. The van der Waals surface area contributed by atoms with E-state index in [0.29, 0.717) is 23.5 Å². The highest BCUT2D eigenvalue weighted by atomic mass is 32.1. The van der Waals surface area contributed by atoms with Gasteiger partial charge in [0.25, 0.3) is 0 Å². The van der Waals surface area contributed by atoms with Crippen molar-refractivity contribution in [3.63, 3.8) is 0 Å². The monoisotopic (exact) mass is 312 g/mol. The van der Waals surface area contributed by atoms with Crippen LogP contribution in [0.1, 0.15) is 17.7 Å². The van der Waals surface area contributed by atoms with Crippen molar-refractivity contribution in [1.82, 2.24) is 19.9 Å². The van der Waals surface area contributed by atoms with Gasteiger partial charge in [-0.25, -0.2) is 15.0 Å². The maximum Gasteiger partial charge on any atom is 0.224 e. The Bertz CT molecular complexity index is 701. The molecule has 112 valence electrons. The van der Waals surface area contributed by atoms with Gasteiger partial charge in [0.2, 0.25) is 5.95 Å². The summed E-state index contributed by atoms with van der Waals surface area (Å²) in [6.45, 7) is 2.97. The topological polar surface area (TPSA) is 75.6 Å². The summed E-state index contributed by atoms with van der Waals surface area (Å²) in [5.74, 6) is 2.41. The van der Waals surface area contributed by atoms with Gasteiger partial charge in [-0.15, -0.1) is 11.3 Å². The van der Waals surface area contributed by atoms with Gasteiger partial charge in [0.15, 0.2) is 0 Å². The third kappa shape index (κ3) is 3.76. The number of hydrogen-bond donors (Lipinski definition) is 2. The Kier molecular flexibility index (Phi) is 4.55. The molecule has 2 N–H and O–H groups in total. The van der Waals surface area contributed by atoms with Crippen LogP contribution in [0.2, 0.25) is 0 Å². The number of nitrogens with zero attached hydrogens (tertiary/aromatic N) is 4. The van der Waals surface area contributed by atoms with Crippen LogP contribution in [0.25, 0.3) is 0 Å². The van der Waals surface area contributed by atoms with Crippen molar-refractivity contribution >= 4 is 28.9 Å². The molecule has 0 amide bonds. The molecule has 3 rings (SSSR count). The molecule has 3 aromatic heterocycles. The minimum Gasteiger partial charge on any atom is -0.354 e. The lowest BCUT2D eigenvalue weighted by atomic mass is 10.1. The number of hydrogen-bond acceptors (Lipinski definition) is 7. The zero-order valence-electron chi connectivity index (χ0n) is 12.1. The summed E-state index contributed by atoms with van der Waals surface area (Å²) in [6.07, 6.45) is 4.89. The molecular formula is C15H16N6S. The van der Waals surface area contributed by atoms with Crippen molar-refractivity contribution in [2.45, 2.75) is 12.8 Å². The maximum absolute atomic E-state index is 4.43. The van der Waals surface area contributed by atoms with Crippen molar-refractivity contribution < 1.29 is 0 Å².